The van der Waals surface area contributed by atoms with E-state index in [1.165, 1.54) is 6.08 Å². The lowest BCUT2D eigenvalue weighted by atomic mass is 10.0. The Morgan fingerprint density at radius 3 is 2.88 bits per heavy atom. The summed E-state index contributed by atoms with van der Waals surface area (Å²) in [6.45, 7) is 4.52. The van der Waals surface area contributed by atoms with Crippen molar-refractivity contribution >= 4 is 11.9 Å². The highest BCUT2D eigenvalue weighted by atomic mass is 16.5. The summed E-state index contributed by atoms with van der Waals surface area (Å²) in [7, 11) is 0. The van der Waals surface area contributed by atoms with Gasteiger partial charge in [0.1, 0.15) is 6.04 Å². The van der Waals surface area contributed by atoms with Crippen molar-refractivity contribution in [3.8, 4) is 0 Å². The molecule has 16 heavy (non-hydrogen) atoms. The van der Waals surface area contributed by atoms with Crippen LogP contribution in [-0.2, 0) is 14.3 Å². The van der Waals surface area contributed by atoms with E-state index in [9.17, 15) is 9.59 Å². The molecule has 2 unspecified atom stereocenters. The first-order valence-electron chi connectivity index (χ1n) is 5.37. The highest BCUT2D eigenvalue weighted by molar-refractivity contribution is 5.85. The number of carboxylic acids is 1. The van der Waals surface area contributed by atoms with Crippen LogP contribution in [0.15, 0.2) is 12.7 Å². The Kier molecular flexibility index (Phi) is 4.98. The predicted octanol–water partition coefficient (Wildman–Crippen LogP) is 0.558. The minimum absolute atomic E-state index is 0.222. The SMILES string of the molecule is C=CCC(NC(=O)C1CCCOC1)C(=O)O. The maximum atomic E-state index is 11.7. The van der Waals surface area contributed by atoms with E-state index in [0.717, 1.165) is 12.8 Å². The zero-order chi connectivity index (χ0) is 12.0. The van der Waals surface area contributed by atoms with Crippen molar-refractivity contribution in [3.05, 3.63) is 12.7 Å². The van der Waals surface area contributed by atoms with E-state index in [4.69, 9.17) is 9.84 Å². The van der Waals surface area contributed by atoms with Crippen LogP contribution in [0.1, 0.15) is 19.3 Å². The number of hydrogen-bond donors (Lipinski definition) is 2. The van der Waals surface area contributed by atoms with Gasteiger partial charge < -0.3 is 15.2 Å². The standard InChI is InChI=1S/C11H17NO4/c1-2-4-9(11(14)15)12-10(13)8-5-3-6-16-7-8/h2,8-9H,1,3-7H2,(H,12,13)(H,14,15). The van der Waals surface area contributed by atoms with Gasteiger partial charge in [-0.15, -0.1) is 6.58 Å². The van der Waals surface area contributed by atoms with Crippen LogP contribution in [-0.4, -0.2) is 36.2 Å². The first kappa shape index (κ1) is 12.7. The van der Waals surface area contributed by atoms with Crippen LogP contribution < -0.4 is 5.32 Å². The van der Waals surface area contributed by atoms with Crippen LogP contribution in [0, 0.1) is 5.92 Å². The molecule has 5 nitrogen and oxygen atoms in total. The molecule has 1 fully saturated rings. The van der Waals surface area contributed by atoms with Crippen LogP contribution in [0.2, 0.25) is 0 Å². The van der Waals surface area contributed by atoms with E-state index in [-0.39, 0.29) is 18.2 Å². The van der Waals surface area contributed by atoms with Crippen molar-refractivity contribution in [3.63, 3.8) is 0 Å². The number of amides is 1. The molecule has 0 aromatic heterocycles. The molecule has 0 aromatic rings. The molecule has 0 aliphatic carbocycles. The van der Waals surface area contributed by atoms with Crippen molar-refractivity contribution in [1.29, 1.82) is 0 Å². The fraction of sp³-hybridized carbons (Fsp3) is 0.636. The van der Waals surface area contributed by atoms with Gasteiger partial charge in [-0.3, -0.25) is 4.79 Å². The monoisotopic (exact) mass is 227 g/mol. The molecule has 2 atom stereocenters. The summed E-state index contributed by atoms with van der Waals surface area (Å²) < 4.78 is 5.18. The number of carboxylic acid groups (broad SMARTS) is 1. The normalized spacial score (nSPS) is 22.1. The lowest BCUT2D eigenvalue weighted by molar-refractivity contribution is -0.143. The number of hydrogen-bond acceptors (Lipinski definition) is 3. The summed E-state index contributed by atoms with van der Waals surface area (Å²) in [5.41, 5.74) is 0. The smallest absolute Gasteiger partial charge is 0.326 e. The maximum Gasteiger partial charge on any atom is 0.326 e. The van der Waals surface area contributed by atoms with Gasteiger partial charge in [0.2, 0.25) is 5.91 Å². The first-order chi connectivity index (χ1) is 7.65. The molecular weight excluding hydrogens is 210 g/mol. The van der Waals surface area contributed by atoms with Crippen LogP contribution in [0.4, 0.5) is 0 Å². The van der Waals surface area contributed by atoms with Crippen molar-refractivity contribution in [2.45, 2.75) is 25.3 Å². The summed E-state index contributed by atoms with van der Waals surface area (Å²) in [6, 6.07) is -0.882. The molecular formula is C11H17NO4. The molecule has 2 N–H and O–H groups in total. The van der Waals surface area contributed by atoms with Crippen molar-refractivity contribution in [2.24, 2.45) is 5.92 Å². The Bertz CT molecular complexity index is 271. The largest absolute Gasteiger partial charge is 0.480 e. The lowest BCUT2D eigenvalue weighted by Crippen LogP contribution is -2.45. The lowest BCUT2D eigenvalue weighted by Gasteiger charge is -2.23. The third-order valence-corrected chi connectivity index (χ3v) is 2.55. The minimum atomic E-state index is -1.04. The summed E-state index contributed by atoms with van der Waals surface area (Å²) in [5.74, 6) is -1.50. The van der Waals surface area contributed by atoms with Crippen LogP contribution >= 0.6 is 0 Å². The van der Waals surface area contributed by atoms with E-state index in [1.807, 2.05) is 0 Å². The summed E-state index contributed by atoms with van der Waals surface area (Å²) in [5, 5.41) is 11.4. The number of ether oxygens (including phenoxy) is 1. The topological polar surface area (TPSA) is 75.6 Å². The Labute approximate surface area is 94.5 Å². The number of aliphatic carboxylic acids is 1. The Morgan fingerprint density at radius 2 is 2.38 bits per heavy atom. The predicted molar refractivity (Wildman–Crippen MR) is 57.9 cm³/mol. The van der Waals surface area contributed by atoms with Gasteiger partial charge in [0.05, 0.1) is 12.5 Å². The second kappa shape index (κ2) is 6.27. The van der Waals surface area contributed by atoms with Gasteiger partial charge in [-0.05, 0) is 19.3 Å². The third-order valence-electron chi connectivity index (χ3n) is 2.55. The van der Waals surface area contributed by atoms with Gasteiger partial charge in [0.25, 0.3) is 0 Å². The molecule has 1 rings (SSSR count). The number of carbonyl (C=O) groups excluding carboxylic acids is 1. The molecule has 0 saturated carbocycles. The average molecular weight is 227 g/mol. The zero-order valence-corrected chi connectivity index (χ0v) is 9.15. The second-order valence-electron chi connectivity index (χ2n) is 3.84. The van der Waals surface area contributed by atoms with Gasteiger partial charge in [-0.25, -0.2) is 4.79 Å². The second-order valence-corrected chi connectivity index (χ2v) is 3.84. The molecule has 90 valence electrons. The molecule has 1 heterocycles. The molecule has 1 saturated heterocycles. The van der Waals surface area contributed by atoms with E-state index in [1.54, 1.807) is 0 Å². The van der Waals surface area contributed by atoms with Gasteiger partial charge in [0.15, 0.2) is 0 Å². The van der Waals surface area contributed by atoms with E-state index >= 15 is 0 Å². The van der Waals surface area contributed by atoms with Crippen LogP contribution in [0.25, 0.3) is 0 Å². The average Bonchev–Trinajstić information content (AvgIpc) is 2.29. The molecule has 5 heteroatoms. The number of carbonyl (C=O) groups is 2. The van der Waals surface area contributed by atoms with Crippen molar-refractivity contribution < 1.29 is 19.4 Å². The van der Waals surface area contributed by atoms with Crippen LogP contribution in [0.3, 0.4) is 0 Å². The highest BCUT2D eigenvalue weighted by Crippen LogP contribution is 2.13. The Balaban J connectivity index is 2.46. The summed E-state index contributed by atoms with van der Waals surface area (Å²) in [4.78, 5) is 22.5. The van der Waals surface area contributed by atoms with Gasteiger partial charge in [-0.1, -0.05) is 6.08 Å². The molecule has 0 spiro atoms. The quantitative estimate of drug-likeness (QED) is 0.673. The van der Waals surface area contributed by atoms with Gasteiger partial charge in [0, 0.05) is 6.61 Å². The van der Waals surface area contributed by atoms with Gasteiger partial charge in [-0.2, -0.15) is 0 Å². The third kappa shape index (κ3) is 3.66. The molecule has 0 aromatic carbocycles. The first-order valence-corrected chi connectivity index (χ1v) is 5.37. The maximum absolute atomic E-state index is 11.7. The van der Waals surface area contributed by atoms with Crippen LogP contribution in [0.5, 0.6) is 0 Å². The molecule has 0 bridgehead atoms. The zero-order valence-electron chi connectivity index (χ0n) is 9.15. The fourth-order valence-electron chi connectivity index (χ4n) is 1.63. The van der Waals surface area contributed by atoms with E-state index in [2.05, 4.69) is 11.9 Å². The highest BCUT2D eigenvalue weighted by Gasteiger charge is 2.26. The molecule has 1 amide bonds. The van der Waals surface area contributed by atoms with Gasteiger partial charge >= 0.3 is 5.97 Å². The summed E-state index contributed by atoms with van der Waals surface area (Å²) >= 11 is 0. The minimum Gasteiger partial charge on any atom is -0.480 e. The van der Waals surface area contributed by atoms with E-state index in [0.29, 0.717) is 13.2 Å². The van der Waals surface area contributed by atoms with E-state index < -0.39 is 12.0 Å². The molecule has 0 radical (unpaired) electrons. The Morgan fingerprint density at radius 1 is 1.62 bits per heavy atom. The molecule has 1 aliphatic rings. The fourth-order valence-corrected chi connectivity index (χ4v) is 1.63. The Hall–Kier alpha value is -1.36. The molecule has 1 aliphatic heterocycles. The summed E-state index contributed by atoms with van der Waals surface area (Å²) in [6.07, 6.45) is 3.31. The number of rotatable bonds is 5. The number of nitrogens with one attached hydrogen (secondary N) is 1. The van der Waals surface area contributed by atoms with Crippen molar-refractivity contribution in [1.82, 2.24) is 5.32 Å². The van der Waals surface area contributed by atoms with Crippen molar-refractivity contribution in [2.75, 3.05) is 13.2 Å².